The molecule has 0 radical (unpaired) electrons. The molecule has 0 atom stereocenters. The second kappa shape index (κ2) is 7.40. The highest BCUT2D eigenvalue weighted by atomic mass is 19.4. The van der Waals surface area contributed by atoms with Crippen molar-refractivity contribution in [2.45, 2.75) is 32.2 Å². The van der Waals surface area contributed by atoms with Gasteiger partial charge in [-0.25, -0.2) is 4.98 Å². The number of nitrogens with zero attached hydrogens (tertiary/aromatic N) is 4. The molecule has 0 fully saturated rings. The van der Waals surface area contributed by atoms with Gasteiger partial charge in [0.1, 0.15) is 25.0 Å². The molecular formula is C18H17F3N4O2. The Hall–Kier alpha value is -2.86. The zero-order valence-corrected chi connectivity index (χ0v) is 14.3. The maximum absolute atomic E-state index is 12.8. The van der Waals surface area contributed by atoms with Crippen LogP contribution < -0.4 is 10.5 Å². The number of alkyl halides is 3. The Morgan fingerprint density at radius 1 is 1.19 bits per heavy atom. The van der Waals surface area contributed by atoms with Crippen LogP contribution in [0, 0.1) is 11.3 Å². The molecule has 9 heteroatoms. The van der Waals surface area contributed by atoms with E-state index in [0.29, 0.717) is 30.5 Å². The normalized spacial score (nSPS) is 14.4. The minimum Gasteiger partial charge on any atom is -0.388 e. The van der Waals surface area contributed by atoms with E-state index in [9.17, 15) is 28.3 Å². The Kier molecular flexibility index (Phi) is 5.19. The number of benzene rings is 1. The molecule has 0 unspecified atom stereocenters. The lowest BCUT2D eigenvalue weighted by molar-refractivity contribution is -0.142. The summed E-state index contributed by atoms with van der Waals surface area (Å²) >= 11 is 0. The van der Waals surface area contributed by atoms with Gasteiger partial charge in [0, 0.05) is 13.1 Å². The summed E-state index contributed by atoms with van der Waals surface area (Å²) in [5, 5.41) is 18.8. The average molecular weight is 378 g/mol. The average Bonchev–Trinajstić information content (AvgIpc) is 2.85. The van der Waals surface area contributed by atoms with Gasteiger partial charge < -0.3 is 10.0 Å². The molecule has 0 saturated carbocycles. The second-order valence-corrected chi connectivity index (χ2v) is 6.26. The SMILES string of the molecule is N#Cc1c(N2CCc3ccccc3CC2)nc(CO)n(CC(F)(F)F)c1=O. The van der Waals surface area contributed by atoms with Gasteiger partial charge >= 0.3 is 6.18 Å². The lowest BCUT2D eigenvalue weighted by atomic mass is 10.0. The van der Waals surface area contributed by atoms with Gasteiger partial charge in [-0.05, 0) is 24.0 Å². The molecule has 1 aliphatic heterocycles. The predicted octanol–water partition coefficient (Wildman–Crippen LogP) is 1.77. The van der Waals surface area contributed by atoms with Crippen molar-refractivity contribution < 1.29 is 18.3 Å². The van der Waals surface area contributed by atoms with Crippen LogP contribution in [0.25, 0.3) is 0 Å². The molecule has 0 saturated heterocycles. The van der Waals surface area contributed by atoms with Gasteiger partial charge in [-0.1, -0.05) is 24.3 Å². The number of aliphatic hydroxyl groups is 1. The van der Waals surface area contributed by atoms with Crippen molar-refractivity contribution in [3.05, 3.63) is 57.1 Å². The Morgan fingerprint density at radius 3 is 2.26 bits per heavy atom. The van der Waals surface area contributed by atoms with Crippen molar-refractivity contribution in [1.82, 2.24) is 9.55 Å². The molecule has 142 valence electrons. The van der Waals surface area contributed by atoms with Gasteiger partial charge in [-0.3, -0.25) is 9.36 Å². The molecule has 1 aromatic heterocycles. The molecule has 3 rings (SSSR count). The molecular weight excluding hydrogens is 361 g/mol. The minimum atomic E-state index is -4.67. The number of rotatable bonds is 3. The number of fused-ring (bicyclic) bond motifs is 1. The number of halogens is 3. The highest BCUT2D eigenvalue weighted by molar-refractivity contribution is 5.54. The van der Waals surface area contributed by atoms with E-state index < -0.39 is 36.3 Å². The predicted molar refractivity (Wildman–Crippen MR) is 91.3 cm³/mol. The van der Waals surface area contributed by atoms with Crippen LogP contribution in [0.5, 0.6) is 0 Å². The fraction of sp³-hybridized carbons (Fsp3) is 0.389. The lowest BCUT2D eigenvalue weighted by Crippen LogP contribution is -2.37. The minimum absolute atomic E-state index is 0.0257. The standard InChI is InChI=1S/C18H17F3N4O2/c19-18(20,21)11-25-15(10-26)23-16(14(9-22)17(25)27)24-7-5-12-3-1-2-4-13(12)6-8-24/h1-4,26H,5-8,10-11H2. The van der Waals surface area contributed by atoms with E-state index >= 15 is 0 Å². The Bertz CT molecular complexity index is 920. The molecule has 1 N–H and O–H groups in total. The number of aromatic nitrogens is 2. The summed E-state index contributed by atoms with van der Waals surface area (Å²) in [4.78, 5) is 18.3. The van der Waals surface area contributed by atoms with Crippen molar-refractivity contribution >= 4 is 5.82 Å². The monoisotopic (exact) mass is 378 g/mol. The number of aliphatic hydroxyl groups excluding tert-OH is 1. The van der Waals surface area contributed by atoms with Gasteiger partial charge in [0.25, 0.3) is 5.56 Å². The van der Waals surface area contributed by atoms with E-state index in [1.807, 2.05) is 24.3 Å². The molecule has 27 heavy (non-hydrogen) atoms. The molecule has 1 aliphatic rings. The Morgan fingerprint density at radius 2 is 1.78 bits per heavy atom. The van der Waals surface area contributed by atoms with Crippen LogP contribution >= 0.6 is 0 Å². The quantitative estimate of drug-likeness (QED) is 0.880. The third-order valence-electron chi connectivity index (χ3n) is 4.54. The molecule has 6 nitrogen and oxygen atoms in total. The number of anilines is 1. The van der Waals surface area contributed by atoms with Crippen molar-refractivity contribution in [2.24, 2.45) is 0 Å². The van der Waals surface area contributed by atoms with Crippen molar-refractivity contribution in [3.8, 4) is 6.07 Å². The summed E-state index contributed by atoms with van der Waals surface area (Å²) in [5.41, 5.74) is 0.755. The molecule has 0 amide bonds. The number of nitriles is 1. The van der Waals surface area contributed by atoms with Gasteiger partial charge in [-0.15, -0.1) is 0 Å². The lowest BCUT2D eigenvalue weighted by Gasteiger charge is -2.24. The summed E-state index contributed by atoms with van der Waals surface area (Å²) in [6, 6.07) is 9.54. The first-order valence-corrected chi connectivity index (χ1v) is 8.37. The van der Waals surface area contributed by atoms with Crippen LogP contribution in [0.15, 0.2) is 29.1 Å². The molecule has 1 aromatic carbocycles. The zero-order chi connectivity index (χ0) is 19.6. The van der Waals surface area contributed by atoms with Crippen LogP contribution in [0.1, 0.15) is 22.5 Å². The van der Waals surface area contributed by atoms with E-state index in [2.05, 4.69) is 4.98 Å². The summed E-state index contributed by atoms with van der Waals surface area (Å²) in [6.45, 7) is -1.51. The zero-order valence-electron chi connectivity index (χ0n) is 14.3. The Balaban J connectivity index is 2.02. The first kappa shape index (κ1) is 18.9. The fourth-order valence-electron chi connectivity index (χ4n) is 3.26. The Labute approximate surface area is 153 Å². The van der Waals surface area contributed by atoms with E-state index in [1.165, 1.54) is 0 Å². The molecule has 0 bridgehead atoms. The van der Waals surface area contributed by atoms with E-state index in [4.69, 9.17) is 0 Å². The molecule has 0 spiro atoms. The van der Waals surface area contributed by atoms with Crippen LogP contribution in [-0.4, -0.2) is 33.9 Å². The van der Waals surface area contributed by atoms with E-state index in [1.54, 1.807) is 11.0 Å². The smallest absolute Gasteiger partial charge is 0.388 e. The molecule has 2 aromatic rings. The van der Waals surface area contributed by atoms with Crippen LogP contribution in [0.4, 0.5) is 19.0 Å². The van der Waals surface area contributed by atoms with Crippen LogP contribution in [-0.2, 0) is 26.0 Å². The first-order valence-electron chi connectivity index (χ1n) is 8.37. The van der Waals surface area contributed by atoms with Gasteiger partial charge in [0.05, 0.1) is 0 Å². The van der Waals surface area contributed by atoms with Gasteiger partial charge in [0.15, 0.2) is 11.4 Å². The van der Waals surface area contributed by atoms with E-state index in [-0.39, 0.29) is 5.82 Å². The second-order valence-electron chi connectivity index (χ2n) is 6.26. The molecule has 2 heterocycles. The number of hydrogen-bond acceptors (Lipinski definition) is 5. The summed E-state index contributed by atoms with van der Waals surface area (Å²) in [6.07, 6.45) is -3.36. The van der Waals surface area contributed by atoms with Crippen LogP contribution in [0.2, 0.25) is 0 Å². The van der Waals surface area contributed by atoms with Crippen molar-refractivity contribution in [1.29, 1.82) is 5.26 Å². The van der Waals surface area contributed by atoms with Crippen LogP contribution in [0.3, 0.4) is 0 Å². The van der Waals surface area contributed by atoms with E-state index in [0.717, 1.165) is 11.1 Å². The summed E-state index contributed by atoms with van der Waals surface area (Å²) < 4.78 is 38.6. The third kappa shape index (κ3) is 3.95. The maximum atomic E-state index is 12.8. The van der Waals surface area contributed by atoms with Crippen molar-refractivity contribution in [3.63, 3.8) is 0 Å². The summed E-state index contributed by atoms with van der Waals surface area (Å²) in [5.74, 6) is -0.383. The van der Waals surface area contributed by atoms with Gasteiger partial charge in [-0.2, -0.15) is 18.4 Å². The van der Waals surface area contributed by atoms with Crippen molar-refractivity contribution in [2.75, 3.05) is 18.0 Å². The first-order chi connectivity index (χ1) is 12.8. The number of hydrogen-bond donors (Lipinski definition) is 1. The summed E-state index contributed by atoms with van der Waals surface area (Å²) in [7, 11) is 0. The highest BCUT2D eigenvalue weighted by Crippen LogP contribution is 2.23. The fourth-order valence-corrected chi connectivity index (χ4v) is 3.26. The largest absolute Gasteiger partial charge is 0.406 e. The maximum Gasteiger partial charge on any atom is 0.406 e. The molecule has 0 aliphatic carbocycles. The third-order valence-corrected chi connectivity index (χ3v) is 4.54. The van der Waals surface area contributed by atoms with Gasteiger partial charge in [0.2, 0.25) is 0 Å². The topological polar surface area (TPSA) is 82.2 Å². The highest BCUT2D eigenvalue weighted by Gasteiger charge is 2.32.